The summed E-state index contributed by atoms with van der Waals surface area (Å²) in [6.45, 7) is 4.54. The fourth-order valence-electron chi connectivity index (χ4n) is 7.78. The van der Waals surface area contributed by atoms with Gasteiger partial charge in [0, 0.05) is 18.0 Å². The maximum Gasteiger partial charge on any atom is 0.314 e. The van der Waals surface area contributed by atoms with Gasteiger partial charge in [-0.05, 0) is 98.9 Å². The number of rotatable bonds is 19. The first-order chi connectivity index (χ1) is 21.7. The van der Waals surface area contributed by atoms with Crippen molar-refractivity contribution >= 4 is 5.97 Å². The molecule has 1 heterocycles. The number of carbonyl (C=O) groups is 1. The second-order valence-corrected chi connectivity index (χ2v) is 14.2. The van der Waals surface area contributed by atoms with Crippen molar-refractivity contribution in [3.63, 3.8) is 0 Å². The van der Waals surface area contributed by atoms with Crippen molar-refractivity contribution in [2.45, 2.75) is 162 Å². The largest absolute Gasteiger partial charge is 0.426 e. The zero-order valence-corrected chi connectivity index (χ0v) is 28.2. The number of unbranched alkanes of at least 4 members (excludes halogenated alkanes) is 11. The van der Waals surface area contributed by atoms with Gasteiger partial charge >= 0.3 is 5.97 Å². The second kappa shape index (κ2) is 20.0. The molecule has 1 aromatic carbocycles. The van der Waals surface area contributed by atoms with E-state index < -0.39 is 0 Å². The fraction of sp³-hybridized carbons (Fsp3) is 0.725. The van der Waals surface area contributed by atoms with Crippen LogP contribution in [-0.2, 0) is 11.2 Å². The van der Waals surface area contributed by atoms with Crippen molar-refractivity contribution in [3.05, 3.63) is 42.2 Å². The van der Waals surface area contributed by atoms with E-state index in [4.69, 9.17) is 4.74 Å². The fourth-order valence-corrected chi connectivity index (χ4v) is 7.78. The predicted octanol–water partition coefficient (Wildman–Crippen LogP) is 11.7. The summed E-state index contributed by atoms with van der Waals surface area (Å²) in [5.74, 6) is 4.01. The molecule has 0 unspecified atom stereocenters. The first-order valence-electron chi connectivity index (χ1n) is 18.8. The number of benzene rings is 1. The lowest BCUT2D eigenvalue weighted by Gasteiger charge is -2.37. The van der Waals surface area contributed by atoms with Crippen molar-refractivity contribution in [1.29, 1.82) is 0 Å². The number of hydrogen-bond acceptors (Lipinski definition) is 4. The van der Waals surface area contributed by atoms with Crippen LogP contribution in [0.25, 0.3) is 11.4 Å². The molecule has 0 atom stereocenters. The SMILES string of the molecule is CCCCCCCCCCC1CCC(C2CCC(C(=O)Oc3ccc(-c4ncc(CCCCCCC)cn4)cc3)CC2)CC1. The highest BCUT2D eigenvalue weighted by molar-refractivity contribution is 5.75. The summed E-state index contributed by atoms with van der Waals surface area (Å²) in [6, 6.07) is 7.69. The Labute approximate surface area is 269 Å². The molecule has 2 aliphatic carbocycles. The summed E-state index contributed by atoms with van der Waals surface area (Å²) in [4.78, 5) is 22.2. The predicted molar refractivity (Wildman–Crippen MR) is 184 cm³/mol. The van der Waals surface area contributed by atoms with Crippen LogP contribution in [0, 0.1) is 23.7 Å². The minimum atomic E-state index is -0.0511. The molecule has 2 aliphatic rings. The van der Waals surface area contributed by atoms with E-state index in [1.807, 2.05) is 36.7 Å². The molecule has 0 aliphatic heterocycles. The Morgan fingerprint density at radius 3 is 1.77 bits per heavy atom. The quantitative estimate of drug-likeness (QED) is 0.0911. The van der Waals surface area contributed by atoms with Gasteiger partial charge in [-0.25, -0.2) is 9.97 Å². The van der Waals surface area contributed by atoms with E-state index >= 15 is 0 Å². The van der Waals surface area contributed by atoms with Crippen molar-refractivity contribution in [2.75, 3.05) is 0 Å². The van der Waals surface area contributed by atoms with E-state index in [1.165, 1.54) is 134 Å². The highest BCUT2D eigenvalue weighted by Crippen LogP contribution is 2.42. The molecule has 0 saturated heterocycles. The minimum absolute atomic E-state index is 0.0436. The summed E-state index contributed by atoms with van der Waals surface area (Å²) in [7, 11) is 0. The van der Waals surface area contributed by atoms with Gasteiger partial charge in [-0.2, -0.15) is 0 Å². The van der Waals surface area contributed by atoms with Crippen molar-refractivity contribution in [1.82, 2.24) is 9.97 Å². The third kappa shape index (κ3) is 11.9. The molecule has 2 saturated carbocycles. The first-order valence-corrected chi connectivity index (χ1v) is 18.8. The van der Waals surface area contributed by atoms with Gasteiger partial charge in [0.05, 0.1) is 5.92 Å². The molecule has 4 heteroatoms. The van der Waals surface area contributed by atoms with E-state index in [0.29, 0.717) is 5.75 Å². The van der Waals surface area contributed by atoms with E-state index in [0.717, 1.165) is 48.4 Å². The van der Waals surface area contributed by atoms with Crippen molar-refractivity contribution in [2.24, 2.45) is 23.7 Å². The monoisotopic (exact) mass is 602 g/mol. The zero-order valence-electron chi connectivity index (χ0n) is 28.2. The highest BCUT2D eigenvalue weighted by atomic mass is 16.5. The molecule has 4 rings (SSSR count). The lowest BCUT2D eigenvalue weighted by Crippen LogP contribution is -2.30. The van der Waals surface area contributed by atoms with E-state index in [-0.39, 0.29) is 11.9 Å². The summed E-state index contributed by atoms with van der Waals surface area (Å²) in [5, 5.41) is 0. The molecule has 0 spiro atoms. The maximum atomic E-state index is 13.0. The number of esters is 1. The number of aromatic nitrogens is 2. The standard InChI is InChI=1S/C40H62N2O2/c1-3-5-7-9-10-11-13-14-16-32-18-20-34(21-19-32)35-22-24-37(25-23-35)40(43)44-38-28-26-36(27-29-38)39-41-30-33(31-42-39)17-15-12-8-6-4-2/h26-32,34-35,37H,3-25H2,1-2H3. The van der Waals surface area contributed by atoms with Gasteiger partial charge in [0.2, 0.25) is 0 Å². The molecule has 1 aromatic heterocycles. The number of hydrogen-bond donors (Lipinski definition) is 0. The van der Waals surface area contributed by atoms with Gasteiger partial charge in [0.15, 0.2) is 5.82 Å². The third-order valence-electron chi connectivity index (χ3n) is 10.7. The number of aryl methyl sites for hydroxylation is 1. The normalized spacial score (nSPS) is 22.1. The lowest BCUT2D eigenvalue weighted by molar-refractivity contribution is -0.140. The average molecular weight is 603 g/mol. The molecule has 0 amide bonds. The van der Waals surface area contributed by atoms with Gasteiger partial charge in [-0.1, -0.05) is 110 Å². The summed E-state index contributed by atoms with van der Waals surface area (Å²) in [6.07, 6.45) is 34.3. The average Bonchev–Trinajstić information content (AvgIpc) is 3.07. The van der Waals surface area contributed by atoms with Gasteiger partial charge in [-0.3, -0.25) is 4.79 Å². The zero-order chi connectivity index (χ0) is 30.8. The molecule has 0 N–H and O–H groups in total. The number of nitrogens with zero attached hydrogens (tertiary/aromatic N) is 2. The third-order valence-corrected chi connectivity index (χ3v) is 10.7. The van der Waals surface area contributed by atoms with Crippen LogP contribution < -0.4 is 4.74 Å². The number of carbonyl (C=O) groups excluding carboxylic acids is 1. The van der Waals surface area contributed by atoms with Crippen LogP contribution in [0.5, 0.6) is 5.75 Å². The molecular weight excluding hydrogens is 540 g/mol. The molecule has 2 aromatic rings. The summed E-state index contributed by atoms with van der Waals surface area (Å²) < 4.78 is 5.83. The van der Waals surface area contributed by atoms with Gasteiger partial charge in [0.1, 0.15) is 5.75 Å². The smallest absolute Gasteiger partial charge is 0.314 e. The second-order valence-electron chi connectivity index (χ2n) is 14.2. The van der Waals surface area contributed by atoms with E-state index in [9.17, 15) is 4.79 Å². The van der Waals surface area contributed by atoms with E-state index in [1.54, 1.807) is 0 Å². The Kier molecular flexibility index (Phi) is 15.8. The van der Waals surface area contributed by atoms with Crippen LogP contribution in [0.15, 0.2) is 36.7 Å². The Morgan fingerprint density at radius 1 is 0.659 bits per heavy atom. The molecule has 244 valence electrons. The van der Waals surface area contributed by atoms with Gasteiger partial charge in [0.25, 0.3) is 0 Å². The van der Waals surface area contributed by atoms with Gasteiger partial charge < -0.3 is 4.74 Å². The first kappa shape index (κ1) is 34.6. The van der Waals surface area contributed by atoms with Crippen LogP contribution in [0.2, 0.25) is 0 Å². The molecule has 0 radical (unpaired) electrons. The van der Waals surface area contributed by atoms with Crippen LogP contribution >= 0.6 is 0 Å². The van der Waals surface area contributed by atoms with Crippen LogP contribution in [0.1, 0.15) is 161 Å². The Balaban J connectivity index is 1.09. The molecular formula is C40H62N2O2. The van der Waals surface area contributed by atoms with E-state index in [2.05, 4.69) is 23.8 Å². The van der Waals surface area contributed by atoms with Crippen LogP contribution in [0.3, 0.4) is 0 Å². The summed E-state index contributed by atoms with van der Waals surface area (Å²) >= 11 is 0. The lowest BCUT2D eigenvalue weighted by atomic mass is 9.68. The Hall–Kier alpha value is -2.23. The molecule has 2 fully saturated rings. The molecule has 0 bridgehead atoms. The Morgan fingerprint density at radius 2 is 1.18 bits per heavy atom. The Bertz CT molecular complexity index is 1030. The minimum Gasteiger partial charge on any atom is -0.426 e. The molecule has 44 heavy (non-hydrogen) atoms. The molecule has 4 nitrogen and oxygen atoms in total. The van der Waals surface area contributed by atoms with Crippen LogP contribution in [0.4, 0.5) is 0 Å². The maximum absolute atomic E-state index is 13.0. The summed E-state index contributed by atoms with van der Waals surface area (Å²) in [5.41, 5.74) is 2.15. The van der Waals surface area contributed by atoms with Crippen molar-refractivity contribution < 1.29 is 9.53 Å². The number of ether oxygens (including phenoxy) is 1. The van der Waals surface area contributed by atoms with Gasteiger partial charge in [-0.15, -0.1) is 0 Å². The van der Waals surface area contributed by atoms with Crippen LogP contribution in [-0.4, -0.2) is 15.9 Å². The topological polar surface area (TPSA) is 52.1 Å². The van der Waals surface area contributed by atoms with Crippen molar-refractivity contribution in [3.8, 4) is 17.1 Å². The highest BCUT2D eigenvalue weighted by Gasteiger charge is 2.33.